The second kappa shape index (κ2) is 2.73. The van der Waals surface area contributed by atoms with Gasteiger partial charge in [0, 0.05) is 18.3 Å². The Balaban J connectivity index is 1.69. The molecule has 0 bridgehead atoms. The average Bonchev–Trinajstić information content (AvgIpc) is 2.85. The van der Waals surface area contributed by atoms with Gasteiger partial charge in [0.25, 0.3) is 0 Å². The van der Waals surface area contributed by atoms with Crippen LogP contribution in [0.3, 0.4) is 0 Å². The SMILES string of the molecule is [CH]1Oc2ccccc2C2CC12C1NC=CN1. The fourth-order valence-electron chi connectivity index (χ4n) is 2.91. The summed E-state index contributed by atoms with van der Waals surface area (Å²) in [6.07, 6.45) is 5.37. The predicted molar refractivity (Wildman–Crippen MR) is 60.4 cm³/mol. The Morgan fingerprint density at radius 3 is 2.88 bits per heavy atom. The van der Waals surface area contributed by atoms with E-state index in [1.54, 1.807) is 0 Å². The van der Waals surface area contributed by atoms with Gasteiger partial charge in [-0.1, -0.05) is 18.2 Å². The number of fused-ring (bicyclic) bond motifs is 3. The molecule has 4 rings (SSSR count). The first-order chi connectivity index (χ1) is 7.90. The van der Waals surface area contributed by atoms with Gasteiger partial charge in [0.1, 0.15) is 18.5 Å². The van der Waals surface area contributed by atoms with Gasteiger partial charge in [-0.25, -0.2) is 0 Å². The van der Waals surface area contributed by atoms with E-state index in [1.807, 2.05) is 31.1 Å². The summed E-state index contributed by atoms with van der Waals surface area (Å²) >= 11 is 0. The molecule has 1 fully saturated rings. The van der Waals surface area contributed by atoms with Gasteiger partial charge in [0.2, 0.25) is 0 Å². The van der Waals surface area contributed by atoms with E-state index >= 15 is 0 Å². The van der Waals surface area contributed by atoms with E-state index in [-0.39, 0.29) is 11.6 Å². The van der Waals surface area contributed by atoms with Crippen molar-refractivity contribution in [3.8, 4) is 5.75 Å². The molecule has 1 aliphatic carbocycles. The van der Waals surface area contributed by atoms with E-state index in [4.69, 9.17) is 4.74 Å². The van der Waals surface area contributed by atoms with Crippen LogP contribution in [0.5, 0.6) is 5.75 Å². The molecule has 1 aromatic rings. The number of ether oxygens (including phenoxy) is 1. The van der Waals surface area contributed by atoms with Crippen molar-refractivity contribution in [2.75, 3.05) is 0 Å². The molecule has 1 radical (unpaired) electrons. The first-order valence-electron chi connectivity index (χ1n) is 5.67. The third-order valence-corrected chi connectivity index (χ3v) is 3.89. The van der Waals surface area contributed by atoms with Gasteiger partial charge in [-0.2, -0.15) is 0 Å². The lowest BCUT2D eigenvalue weighted by Crippen LogP contribution is -2.43. The third kappa shape index (κ3) is 0.932. The van der Waals surface area contributed by atoms with Crippen molar-refractivity contribution in [1.82, 2.24) is 10.6 Å². The third-order valence-electron chi connectivity index (χ3n) is 3.89. The molecule has 1 aromatic carbocycles. The average molecular weight is 213 g/mol. The molecule has 2 N–H and O–H groups in total. The molecular formula is C13H13N2O. The highest BCUT2D eigenvalue weighted by molar-refractivity contribution is 5.47. The molecule has 1 saturated carbocycles. The zero-order chi connectivity index (χ0) is 10.6. The van der Waals surface area contributed by atoms with Gasteiger partial charge >= 0.3 is 0 Å². The monoisotopic (exact) mass is 213 g/mol. The highest BCUT2D eigenvalue weighted by Crippen LogP contribution is 2.66. The summed E-state index contributed by atoms with van der Waals surface area (Å²) in [4.78, 5) is 0. The van der Waals surface area contributed by atoms with Crippen LogP contribution in [0.2, 0.25) is 0 Å². The summed E-state index contributed by atoms with van der Waals surface area (Å²) in [5.74, 6) is 1.62. The molecule has 2 heterocycles. The molecule has 0 amide bonds. The largest absolute Gasteiger partial charge is 0.485 e. The standard InChI is InChI=1S/C13H13N2O/c1-2-4-11-9(3-1)10-7-13(10,8-16-11)12-14-5-6-15-12/h1-6,8,10,12,14-15H,7H2. The summed E-state index contributed by atoms with van der Waals surface area (Å²) in [6, 6.07) is 8.33. The smallest absolute Gasteiger partial charge is 0.146 e. The van der Waals surface area contributed by atoms with Gasteiger partial charge in [-0.05, 0) is 18.1 Å². The lowest BCUT2D eigenvalue weighted by molar-refractivity contribution is 0.239. The topological polar surface area (TPSA) is 33.3 Å². The van der Waals surface area contributed by atoms with Gasteiger partial charge in [-0.3, -0.25) is 0 Å². The molecule has 3 nitrogen and oxygen atoms in total. The summed E-state index contributed by atoms with van der Waals surface area (Å²) in [5, 5.41) is 6.67. The van der Waals surface area contributed by atoms with Gasteiger partial charge < -0.3 is 15.4 Å². The molecule has 2 atom stereocenters. The fourth-order valence-corrected chi connectivity index (χ4v) is 2.91. The maximum atomic E-state index is 5.76. The first kappa shape index (κ1) is 8.50. The second-order valence-corrected chi connectivity index (χ2v) is 4.74. The number of para-hydroxylation sites is 1. The van der Waals surface area contributed by atoms with Crippen molar-refractivity contribution in [2.24, 2.45) is 5.41 Å². The summed E-state index contributed by atoms with van der Waals surface area (Å²) in [7, 11) is 0. The van der Waals surface area contributed by atoms with Gasteiger partial charge in [0.05, 0.1) is 5.41 Å². The predicted octanol–water partition coefficient (Wildman–Crippen LogP) is 1.70. The van der Waals surface area contributed by atoms with Crippen LogP contribution in [0.1, 0.15) is 17.9 Å². The minimum atomic E-state index is 0.137. The first-order valence-corrected chi connectivity index (χ1v) is 5.67. The molecule has 0 aromatic heterocycles. The van der Waals surface area contributed by atoms with Crippen LogP contribution in [0.4, 0.5) is 0 Å². The van der Waals surface area contributed by atoms with Crippen LogP contribution in [-0.4, -0.2) is 6.17 Å². The highest BCUT2D eigenvalue weighted by atomic mass is 16.5. The van der Waals surface area contributed by atoms with E-state index in [0.29, 0.717) is 5.92 Å². The maximum absolute atomic E-state index is 5.76. The molecular weight excluding hydrogens is 200 g/mol. The Morgan fingerprint density at radius 1 is 1.19 bits per heavy atom. The van der Waals surface area contributed by atoms with Crippen molar-refractivity contribution >= 4 is 0 Å². The lowest BCUT2D eigenvalue weighted by Gasteiger charge is -2.29. The summed E-state index contributed by atoms with van der Waals surface area (Å²) in [6.45, 7) is 2.01. The maximum Gasteiger partial charge on any atom is 0.146 e. The molecule has 3 heteroatoms. The van der Waals surface area contributed by atoms with Crippen molar-refractivity contribution in [2.45, 2.75) is 18.5 Å². The number of nitrogens with one attached hydrogen (secondary N) is 2. The zero-order valence-corrected chi connectivity index (χ0v) is 8.81. The Morgan fingerprint density at radius 2 is 2.00 bits per heavy atom. The lowest BCUT2D eigenvalue weighted by atomic mass is 9.94. The van der Waals surface area contributed by atoms with E-state index in [0.717, 1.165) is 12.2 Å². The highest BCUT2D eigenvalue weighted by Gasteiger charge is 2.64. The number of hydrogen-bond donors (Lipinski definition) is 2. The van der Waals surface area contributed by atoms with Crippen LogP contribution < -0.4 is 15.4 Å². The molecule has 16 heavy (non-hydrogen) atoms. The molecule has 3 aliphatic rings. The molecule has 0 spiro atoms. The van der Waals surface area contributed by atoms with Crippen molar-refractivity contribution in [3.05, 3.63) is 48.8 Å². The second-order valence-electron chi connectivity index (χ2n) is 4.74. The Kier molecular flexibility index (Phi) is 1.45. The zero-order valence-electron chi connectivity index (χ0n) is 8.81. The normalized spacial score (nSPS) is 34.4. The van der Waals surface area contributed by atoms with Crippen LogP contribution in [0.15, 0.2) is 36.7 Å². The van der Waals surface area contributed by atoms with Gasteiger partial charge in [0.15, 0.2) is 0 Å². The van der Waals surface area contributed by atoms with Crippen LogP contribution in [0.25, 0.3) is 0 Å². The van der Waals surface area contributed by atoms with Crippen LogP contribution in [0, 0.1) is 12.0 Å². The molecule has 0 saturated heterocycles. The molecule has 81 valence electrons. The molecule has 2 aliphatic heterocycles. The van der Waals surface area contributed by atoms with Crippen LogP contribution >= 0.6 is 0 Å². The van der Waals surface area contributed by atoms with E-state index in [2.05, 4.69) is 22.8 Å². The number of rotatable bonds is 1. The van der Waals surface area contributed by atoms with Crippen LogP contribution in [-0.2, 0) is 0 Å². The van der Waals surface area contributed by atoms with Gasteiger partial charge in [-0.15, -0.1) is 0 Å². The minimum Gasteiger partial charge on any atom is -0.485 e. The Labute approximate surface area is 94.5 Å². The quantitative estimate of drug-likeness (QED) is 0.745. The van der Waals surface area contributed by atoms with Crippen molar-refractivity contribution < 1.29 is 4.74 Å². The number of hydrogen-bond acceptors (Lipinski definition) is 3. The minimum absolute atomic E-state index is 0.137. The van der Waals surface area contributed by atoms with Crippen molar-refractivity contribution in [1.29, 1.82) is 0 Å². The summed E-state index contributed by atoms with van der Waals surface area (Å²) in [5.41, 5.74) is 1.48. The summed E-state index contributed by atoms with van der Waals surface area (Å²) < 4.78 is 5.76. The molecule has 2 unspecified atom stereocenters. The Bertz CT molecular complexity index is 463. The van der Waals surface area contributed by atoms with E-state index < -0.39 is 0 Å². The fraction of sp³-hybridized carbons (Fsp3) is 0.308. The Hall–Kier alpha value is -1.64. The van der Waals surface area contributed by atoms with E-state index in [1.165, 1.54) is 5.56 Å². The van der Waals surface area contributed by atoms with E-state index in [9.17, 15) is 0 Å². The van der Waals surface area contributed by atoms with Crippen molar-refractivity contribution in [3.63, 3.8) is 0 Å². The number of benzene rings is 1.